The highest BCUT2D eigenvalue weighted by atomic mass is 32.2. The van der Waals surface area contributed by atoms with Gasteiger partial charge in [0, 0.05) is 17.8 Å². The van der Waals surface area contributed by atoms with Crippen molar-refractivity contribution in [1.29, 1.82) is 0 Å². The number of carbonyl (C=O) groups excluding carboxylic acids is 2. The zero-order valence-corrected chi connectivity index (χ0v) is 17.0. The van der Waals surface area contributed by atoms with Gasteiger partial charge >= 0.3 is 5.97 Å². The predicted molar refractivity (Wildman–Crippen MR) is 111 cm³/mol. The van der Waals surface area contributed by atoms with Gasteiger partial charge in [0.1, 0.15) is 0 Å². The van der Waals surface area contributed by atoms with E-state index in [1.807, 2.05) is 6.92 Å². The van der Waals surface area contributed by atoms with Crippen molar-refractivity contribution in [1.82, 2.24) is 4.72 Å². The van der Waals surface area contributed by atoms with Gasteiger partial charge in [0.15, 0.2) is 0 Å². The van der Waals surface area contributed by atoms with Gasteiger partial charge < -0.3 is 10.1 Å². The van der Waals surface area contributed by atoms with Crippen LogP contribution in [0.1, 0.15) is 40.5 Å². The molecule has 0 heterocycles. The summed E-state index contributed by atoms with van der Waals surface area (Å²) in [4.78, 5) is 24.4. The smallest absolute Gasteiger partial charge is 0.338 e. The topological polar surface area (TPSA) is 102 Å². The van der Waals surface area contributed by atoms with Gasteiger partial charge in [-0.05, 0) is 48.9 Å². The fourth-order valence-corrected chi connectivity index (χ4v) is 3.39. The molecular formula is C21H24N2O5S. The molecule has 1 amide bonds. The molecule has 0 atom stereocenters. The highest BCUT2D eigenvalue weighted by Gasteiger charge is 2.16. The molecule has 0 spiro atoms. The van der Waals surface area contributed by atoms with E-state index >= 15 is 0 Å². The fourth-order valence-electron chi connectivity index (χ4n) is 2.34. The lowest BCUT2D eigenvalue weighted by Gasteiger charge is -2.09. The van der Waals surface area contributed by atoms with Crippen molar-refractivity contribution in [2.45, 2.75) is 24.7 Å². The van der Waals surface area contributed by atoms with Gasteiger partial charge in [-0.1, -0.05) is 25.5 Å². The Morgan fingerprint density at radius 3 is 2.48 bits per heavy atom. The molecular weight excluding hydrogens is 392 g/mol. The maximum atomic E-state index is 12.5. The molecule has 0 fully saturated rings. The molecule has 0 bridgehead atoms. The molecule has 0 unspecified atom stereocenters. The standard InChI is InChI=1S/C21H24N2O5S/c1-3-5-14-28-21(25)16-9-11-18(12-10-16)23-20(24)17-7-6-8-19(15-17)29(26,27)22-13-4-2/h4,6-12,15,22H,2-3,5,13-14H2,1H3,(H,23,24). The molecule has 2 aromatic carbocycles. The number of hydrogen-bond donors (Lipinski definition) is 2. The van der Waals surface area contributed by atoms with Crippen molar-refractivity contribution in [3.05, 3.63) is 72.3 Å². The third kappa shape index (κ3) is 6.55. The van der Waals surface area contributed by atoms with Crippen LogP contribution < -0.4 is 10.0 Å². The first-order chi connectivity index (χ1) is 13.9. The number of amides is 1. The molecule has 0 saturated carbocycles. The first kappa shape index (κ1) is 22.3. The van der Waals surface area contributed by atoms with E-state index in [4.69, 9.17) is 4.74 Å². The van der Waals surface area contributed by atoms with Crippen LogP contribution >= 0.6 is 0 Å². The fraction of sp³-hybridized carbons (Fsp3) is 0.238. The van der Waals surface area contributed by atoms with Gasteiger partial charge in [-0.15, -0.1) is 6.58 Å². The zero-order valence-electron chi connectivity index (χ0n) is 16.2. The van der Waals surface area contributed by atoms with Crippen LogP contribution in [0.5, 0.6) is 0 Å². The third-order valence-electron chi connectivity index (χ3n) is 3.93. The van der Waals surface area contributed by atoms with E-state index in [-0.39, 0.29) is 17.0 Å². The molecule has 0 aromatic heterocycles. The summed E-state index contributed by atoms with van der Waals surface area (Å²) >= 11 is 0. The third-order valence-corrected chi connectivity index (χ3v) is 5.35. The van der Waals surface area contributed by atoms with Gasteiger partial charge in [-0.2, -0.15) is 0 Å². The summed E-state index contributed by atoms with van der Waals surface area (Å²) in [6, 6.07) is 12.0. The number of rotatable bonds is 10. The Kier molecular flexibility index (Phi) is 8.11. The van der Waals surface area contributed by atoms with Crippen molar-refractivity contribution in [2.75, 3.05) is 18.5 Å². The first-order valence-corrected chi connectivity index (χ1v) is 10.6. The maximum Gasteiger partial charge on any atom is 0.338 e. The highest BCUT2D eigenvalue weighted by molar-refractivity contribution is 7.89. The molecule has 7 nitrogen and oxygen atoms in total. The Bertz CT molecular complexity index is 969. The number of carbonyl (C=O) groups is 2. The van der Waals surface area contributed by atoms with E-state index in [1.54, 1.807) is 24.3 Å². The van der Waals surface area contributed by atoms with Gasteiger partial charge in [0.05, 0.1) is 17.1 Å². The van der Waals surface area contributed by atoms with Crippen LogP contribution in [0.25, 0.3) is 0 Å². The Hall–Kier alpha value is -2.97. The number of sulfonamides is 1. The Balaban J connectivity index is 2.06. The van der Waals surface area contributed by atoms with Gasteiger partial charge in [-0.3, -0.25) is 4.79 Å². The van der Waals surface area contributed by atoms with Crippen molar-refractivity contribution in [2.24, 2.45) is 0 Å². The molecule has 0 aliphatic carbocycles. The number of nitrogens with one attached hydrogen (secondary N) is 2. The zero-order chi connectivity index (χ0) is 21.3. The predicted octanol–water partition coefficient (Wildman–Crippen LogP) is 3.36. The molecule has 29 heavy (non-hydrogen) atoms. The summed E-state index contributed by atoms with van der Waals surface area (Å²) in [5, 5.41) is 2.68. The lowest BCUT2D eigenvalue weighted by atomic mass is 10.2. The monoisotopic (exact) mass is 416 g/mol. The SMILES string of the molecule is C=CCNS(=O)(=O)c1cccc(C(=O)Nc2ccc(C(=O)OCCCC)cc2)c1. The maximum absolute atomic E-state index is 12.5. The first-order valence-electron chi connectivity index (χ1n) is 9.16. The minimum Gasteiger partial charge on any atom is -0.462 e. The van der Waals surface area contributed by atoms with Crippen LogP contribution in [0.2, 0.25) is 0 Å². The van der Waals surface area contributed by atoms with E-state index < -0.39 is 21.9 Å². The molecule has 2 N–H and O–H groups in total. The van der Waals surface area contributed by atoms with Gasteiger partial charge in [-0.25, -0.2) is 17.9 Å². The molecule has 0 saturated heterocycles. The van der Waals surface area contributed by atoms with Crippen molar-refractivity contribution in [3.8, 4) is 0 Å². The minimum atomic E-state index is -3.73. The van der Waals surface area contributed by atoms with Crippen molar-refractivity contribution < 1.29 is 22.7 Å². The number of unbranched alkanes of at least 4 members (excludes halogenated alkanes) is 1. The molecule has 2 rings (SSSR count). The van der Waals surface area contributed by atoms with Crippen LogP contribution in [-0.2, 0) is 14.8 Å². The summed E-state index contributed by atoms with van der Waals surface area (Å²) in [5.41, 5.74) is 1.05. The van der Waals surface area contributed by atoms with Crippen LogP contribution in [0.4, 0.5) is 5.69 Å². The summed E-state index contributed by atoms with van der Waals surface area (Å²) in [6.45, 7) is 5.93. The van der Waals surface area contributed by atoms with Gasteiger partial charge in [0.2, 0.25) is 10.0 Å². The number of anilines is 1. The summed E-state index contributed by atoms with van der Waals surface area (Å²) < 4.78 is 31.9. The van der Waals surface area contributed by atoms with E-state index in [9.17, 15) is 18.0 Å². The lowest BCUT2D eigenvalue weighted by Crippen LogP contribution is -2.24. The molecule has 0 aliphatic heterocycles. The Morgan fingerprint density at radius 1 is 1.10 bits per heavy atom. The van der Waals surface area contributed by atoms with Crippen LogP contribution in [0.3, 0.4) is 0 Å². The summed E-state index contributed by atoms with van der Waals surface area (Å²) in [6.07, 6.45) is 3.17. The second-order valence-electron chi connectivity index (χ2n) is 6.19. The quantitative estimate of drug-likeness (QED) is 0.351. The average molecular weight is 416 g/mol. The second kappa shape index (κ2) is 10.5. The van der Waals surface area contributed by atoms with Crippen LogP contribution in [0.15, 0.2) is 66.1 Å². The van der Waals surface area contributed by atoms with E-state index in [1.165, 1.54) is 30.3 Å². The number of benzene rings is 2. The minimum absolute atomic E-state index is 0.0165. The largest absolute Gasteiger partial charge is 0.462 e. The summed E-state index contributed by atoms with van der Waals surface area (Å²) in [5.74, 6) is -0.884. The van der Waals surface area contributed by atoms with Crippen molar-refractivity contribution in [3.63, 3.8) is 0 Å². The Morgan fingerprint density at radius 2 is 1.83 bits per heavy atom. The molecule has 154 valence electrons. The van der Waals surface area contributed by atoms with Crippen LogP contribution in [0, 0.1) is 0 Å². The number of esters is 1. The molecule has 2 aromatic rings. The van der Waals surface area contributed by atoms with E-state index in [0.29, 0.717) is 17.9 Å². The second-order valence-corrected chi connectivity index (χ2v) is 7.96. The molecule has 0 radical (unpaired) electrons. The molecule has 0 aliphatic rings. The number of hydrogen-bond acceptors (Lipinski definition) is 5. The normalized spacial score (nSPS) is 10.9. The van der Waals surface area contributed by atoms with E-state index in [2.05, 4.69) is 16.6 Å². The van der Waals surface area contributed by atoms with Crippen LogP contribution in [-0.4, -0.2) is 33.4 Å². The Labute approximate surface area is 170 Å². The average Bonchev–Trinajstić information content (AvgIpc) is 2.73. The highest BCUT2D eigenvalue weighted by Crippen LogP contribution is 2.15. The van der Waals surface area contributed by atoms with Crippen molar-refractivity contribution >= 4 is 27.6 Å². The summed E-state index contributed by atoms with van der Waals surface area (Å²) in [7, 11) is -3.73. The van der Waals surface area contributed by atoms with Gasteiger partial charge in [0.25, 0.3) is 5.91 Å². The number of ether oxygens (including phenoxy) is 1. The lowest BCUT2D eigenvalue weighted by molar-refractivity contribution is 0.0499. The molecule has 8 heteroatoms. The van der Waals surface area contributed by atoms with E-state index in [0.717, 1.165) is 12.8 Å².